The summed E-state index contributed by atoms with van der Waals surface area (Å²) in [6.07, 6.45) is 3.36. The van der Waals surface area contributed by atoms with Crippen molar-refractivity contribution in [3.8, 4) is 10.6 Å². The van der Waals surface area contributed by atoms with Crippen molar-refractivity contribution < 1.29 is 0 Å². The third kappa shape index (κ3) is 4.42. The van der Waals surface area contributed by atoms with Crippen molar-refractivity contribution in [2.45, 2.75) is 38.8 Å². The van der Waals surface area contributed by atoms with Gasteiger partial charge in [-0.1, -0.05) is 18.2 Å². The van der Waals surface area contributed by atoms with Crippen LogP contribution in [0.5, 0.6) is 0 Å². The van der Waals surface area contributed by atoms with Crippen LogP contribution < -0.4 is 16.4 Å². The first-order chi connectivity index (χ1) is 15.2. The predicted octanol–water partition coefficient (Wildman–Crippen LogP) is 5.27. The van der Waals surface area contributed by atoms with E-state index in [-0.39, 0.29) is 0 Å². The maximum atomic E-state index is 5.92. The van der Waals surface area contributed by atoms with Gasteiger partial charge in [-0.3, -0.25) is 0 Å². The van der Waals surface area contributed by atoms with Gasteiger partial charge in [0, 0.05) is 10.9 Å². The molecule has 1 aromatic carbocycles. The van der Waals surface area contributed by atoms with Gasteiger partial charge in [-0.25, -0.2) is 9.97 Å². The third-order valence-corrected chi connectivity index (χ3v) is 7.74. The van der Waals surface area contributed by atoms with Crippen LogP contribution in [0.2, 0.25) is 0 Å². The molecule has 2 unspecified atom stereocenters. The normalized spacial score (nSPS) is 18.5. The fourth-order valence-corrected chi connectivity index (χ4v) is 5.89. The molecule has 3 aromatic heterocycles. The fraction of sp³-hybridized carbons (Fsp3) is 0.348. The van der Waals surface area contributed by atoms with Crippen LogP contribution in [0.4, 0.5) is 11.8 Å². The molecule has 1 aliphatic carbocycles. The van der Waals surface area contributed by atoms with Crippen LogP contribution in [0.1, 0.15) is 29.8 Å². The zero-order chi connectivity index (χ0) is 21.2. The van der Waals surface area contributed by atoms with Crippen LogP contribution in [0.3, 0.4) is 0 Å². The zero-order valence-corrected chi connectivity index (χ0v) is 19.1. The summed E-state index contributed by atoms with van der Waals surface area (Å²) >= 11 is 3.42. The smallest absolute Gasteiger partial charge is 0.225 e. The molecule has 160 valence electrons. The molecule has 4 aromatic rings. The highest BCUT2D eigenvalue weighted by Crippen LogP contribution is 2.37. The average molecular weight is 451 g/mol. The van der Waals surface area contributed by atoms with Gasteiger partial charge in [0.25, 0.3) is 0 Å². The van der Waals surface area contributed by atoms with Gasteiger partial charge in [-0.2, -0.15) is 4.98 Å². The highest BCUT2D eigenvalue weighted by molar-refractivity contribution is 7.21. The van der Waals surface area contributed by atoms with Crippen molar-refractivity contribution >= 4 is 44.7 Å². The van der Waals surface area contributed by atoms with E-state index >= 15 is 0 Å². The van der Waals surface area contributed by atoms with E-state index in [4.69, 9.17) is 20.7 Å². The number of thiophene rings is 1. The summed E-state index contributed by atoms with van der Waals surface area (Å²) < 4.78 is 1.17. The van der Waals surface area contributed by atoms with Crippen molar-refractivity contribution in [3.05, 3.63) is 52.3 Å². The molecule has 0 bridgehead atoms. The van der Waals surface area contributed by atoms with E-state index in [9.17, 15) is 0 Å². The number of thiazole rings is 1. The maximum absolute atomic E-state index is 5.92. The van der Waals surface area contributed by atoms with E-state index in [0.29, 0.717) is 17.9 Å². The fourth-order valence-electron chi connectivity index (χ4n) is 4.18. The quantitative estimate of drug-likeness (QED) is 0.355. The summed E-state index contributed by atoms with van der Waals surface area (Å²) in [7, 11) is 0. The predicted molar refractivity (Wildman–Crippen MR) is 131 cm³/mol. The molecule has 2 atom stereocenters. The molecule has 1 fully saturated rings. The van der Waals surface area contributed by atoms with E-state index in [1.165, 1.54) is 9.58 Å². The number of nitrogens with zero attached hydrogens (tertiary/aromatic N) is 3. The molecule has 31 heavy (non-hydrogen) atoms. The Morgan fingerprint density at radius 2 is 2.00 bits per heavy atom. The monoisotopic (exact) mass is 450 g/mol. The van der Waals surface area contributed by atoms with Gasteiger partial charge in [-0.15, -0.1) is 22.7 Å². The Kier molecular flexibility index (Phi) is 5.85. The third-order valence-electron chi connectivity index (χ3n) is 5.81. The minimum atomic E-state index is 0.376. The standard InChI is InChI=1S/C23H26N6S2/c1-14-20(22-28-18-6-2-3-7-19(18)31-22)21(27-16-9-8-15(11-16)12-24)29-23(26-14)25-13-17-5-4-10-30-17/h2-7,10,15-16H,8-9,11-13,24H2,1H3,(H2,25,26,27,29). The highest BCUT2D eigenvalue weighted by Gasteiger charge is 2.26. The Balaban J connectivity index is 1.50. The summed E-state index contributed by atoms with van der Waals surface area (Å²) in [6.45, 7) is 3.51. The lowest BCUT2D eigenvalue weighted by Gasteiger charge is -2.18. The molecule has 1 saturated carbocycles. The first-order valence-corrected chi connectivity index (χ1v) is 12.4. The molecule has 6 nitrogen and oxygen atoms in total. The number of aromatic nitrogens is 3. The summed E-state index contributed by atoms with van der Waals surface area (Å²) in [6, 6.07) is 12.8. The number of aryl methyl sites for hydroxylation is 1. The molecule has 4 N–H and O–H groups in total. The number of nitrogens with two attached hydrogens (primary N) is 1. The lowest BCUT2D eigenvalue weighted by atomic mass is 10.1. The van der Waals surface area contributed by atoms with Gasteiger partial charge >= 0.3 is 0 Å². The molecule has 1 aliphatic rings. The number of hydrogen-bond acceptors (Lipinski definition) is 8. The van der Waals surface area contributed by atoms with Gasteiger partial charge in [0.05, 0.1) is 28.0 Å². The van der Waals surface area contributed by atoms with Crippen molar-refractivity contribution in [1.82, 2.24) is 15.0 Å². The topological polar surface area (TPSA) is 88.8 Å². The van der Waals surface area contributed by atoms with E-state index in [1.807, 2.05) is 13.0 Å². The number of hydrogen-bond donors (Lipinski definition) is 3. The molecule has 0 spiro atoms. The van der Waals surface area contributed by atoms with Crippen LogP contribution in [0.25, 0.3) is 20.8 Å². The van der Waals surface area contributed by atoms with Gasteiger partial charge in [0.2, 0.25) is 5.95 Å². The molecule has 5 rings (SSSR count). The SMILES string of the molecule is Cc1nc(NCc2cccs2)nc(NC2CCC(CN)C2)c1-c1nc2ccccc2s1. The second-order valence-corrected chi connectivity index (χ2v) is 10.1. The second-order valence-electron chi connectivity index (χ2n) is 8.03. The van der Waals surface area contributed by atoms with Crippen LogP contribution in [0.15, 0.2) is 41.8 Å². The Labute approximate surface area is 190 Å². The number of fused-ring (bicyclic) bond motifs is 1. The summed E-state index contributed by atoms with van der Waals surface area (Å²) in [5, 5.41) is 10.1. The number of rotatable bonds is 7. The Morgan fingerprint density at radius 3 is 2.77 bits per heavy atom. The molecule has 8 heteroatoms. The first kappa shape index (κ1) is 20.4. The van der Waals surface area contributed by atoms with Gasteiger partial charge in [0.15, 0.2) is 0 Å². The Bertz CT molecular complexity index is 1140. The second kappa shape index (κ2) is 8.90. The molecule has 0 aliphatic heterocycles. The van der Waals surface area contributed by atoms with Crippen LogP contribution in [-0.4, -0.2) is 27.5 Å². The first-order valence-electron chi connectivity index (χ1n) is 10.7. The number of anilines is 2. The minimum absolute atomic E-state index is 0.376. The number of para-hydroxylation sites is 1. The summed E-state index contributed by atoms with van der Waals surface area (Å²) in [5.74, 6) is 2.09. The maximum Gasteiger partial charge on any atom is 0.225 e. The van der Waals surface area contributed by atoms with Crippen LogP contribution >= 0.6 is 22.7 Å². The molecule has 0 radical (unpaired) electrons. The van der Waals surface area contributed by atoms with Crippen molar-refractivity contribution in [3.63, 3.8) is 0 Å². The lowest BCUT2D eigenvalue weighted by Crippen LogP contribution is -2.20. The van der Waals surface area contributed by atoms with Gasteiger partial charge < -0.3 is 16.4 Å². The largest absolute Gasteiger partial charge is 0.367 e. The van der Waals surface area contributed by atoms with E-state index in [1.54, 1.807) is 22.7 Å². The molecule has 0 saturated heterocycles. The molecule has 3 heterocycles. The minimum Gasteiger partial charge on any atom is -0.367 e. The lowest BCUT2D eigenvalue weighted by molar-refractivity contribution is 0.555. The Hall–Kier alpha value is -2.55. The number of nitrogens with one attached hydrogen (secondary N) is 2. The van der Waals surface area contributed by atoms with Gasteiger partial charge in [0.1, 0.15) is 10.8 Å². The molecule has 0 amide bonds. The average Bonchev–Trinajstić information content (AvgIpc) is 3.52. The number of benzene rings is 1. The van der Waals surface area contributed by atoms with E-state index in [0.717, 1.165) is 60.0 Å². The van der Waals surface area contributed by atoms with Crippen molar-refractivity contribution in [2.24, 2.45) is 11.7 Å². The molecular weight excluding hydrogens is 424 g/mol. The summed E-state index contributed by atoms with van der Waals surface area (Å²) in [5.41, 5.74) is 8.86. The molecular formula is C23H26N6S2. The summed E-state index contributed by atoms with van der Waals surface area (Å²) in [4.78, 5) is 15.8. The van der Waals surface area contributed by atoms with Crippen LogP contribution in [0, 0.1) is 12.8 Å². The Morgan fingerprint density at radius 1 is 1.10 bits per heavy atom. The highest BCUT2D eigenvalue weighted by atomic mass is 32.1. The zero-order valence-electron chi connectivity index (χ0n) is 17.5. The van der Waals surface area contributed by atoms with Gasteiger partial charge in [-0.05, 0) is 62.2 Å². The van der Waals surface area contributed by atoms with Crippen molar-refractivity contribution in [1.29, 1.82) is 0 Å². The van der Waals surface area contributed by atoms with E-state index in [2.05, 4.69) is 46.3 Å². The van der Waals surface area contributed by atoms with Crippen LogP contribution in [-0.2, 0) is 6.54 Å². The van der Waals surface area contributed by atoms with E-state index < -0.39 is 0 Å². The van der Waals surface area contributed by atoms with Crippen molar-refractivity contribution in [2.75, 3.05) is 17.2 Å².